The zero-order chi connectivity index (χ0) is 14.9. The number of anilines is 1. The Hall–Kier alpha value is -2.04. The molecule has 0 spiro atoms. The molecule has 0 aromatic heterocycles. The monoisotopic (exact) mass is 276 g/mol. The summed E-state index contributed by atoms with van der Waals surface area (Å²) < 4.78 is 4.78. The maximum Gasteiger partial charge on any atom is 0.310 e. The number of hydrogen-bond acceptors (Lipinski definition) is 4. The van der Waals surface area contributed by atoms with Crippen LogP contribution in [0.4, 0.5) is 5.69 Å². The second kappa shape index (κ2) is 5.53. The predicted octanol–water partition coefficient (Wildman–Crippen LogP) is 1.46. The lowest BCUT2D eigenvalue weighted by Crippen LogP contribution is -2.30. The van der Waals surface area contributed by atoms with Crippen LogP contribution < -0.4 is 5.73 Å². The van der Waals surface area contributed by atoms with E-state index in [1.807, 2.05) is 13.8 Å². The van der Waals surface area contributed by atoms with E-state index in [4.69, 9.17) is 10.5 Å². The second-order valence-electron chi connectivity index (χ2n) is 5.34. The van der Waals surface area contributed by atoms with Crippen LogP contribution >= 0.6 is 0 Å². The number of likely N-dealkylation sites (tertiary alicyclic amines) is 1. The summed E-state index contributed by atoms with van der Waals surface area (Å²) in [7, 11) is 1.38. The van der Waals surface area contributed by atoms with Crippen LogP contribution in [0.2, 0.25) is 0 Å². The maximum atomic E-state index is 12.5. The van der Waals surface area contributed by atoms with Gasteiger partial charge in [0, 0.05) is 24.3 Å². The molecule has 5 heteroatoms. The van der Waals surface area contributed by atoms with Gasteiger partial charge in [-0.3, -0.25) is 9.59 Å². The van der Waals surface area contributed by atoms with Crippen molar-refractivity contribution in [2.24, 2.45) is 11.8 Å². The number of nitrogens with two attached hydrogens (primary N) is 1. The standard InChI is InChI=1S/C15H20N2O3/c1-9-7-17(8-12(9)15(19)20-3)14(18)11-5-4-6-13(16)10(11)2/h4-6,9,12H,7-8,16H2,1-3H3. The van der Waals surface area contributed by atoms with Gasteiger partial charge in [0.25, 0.3) is 5.91 Å². The highest BCUT2D eigenvalue weighted by Gasteiger charge is 2.38. The van der Waals surface area contributed by atoms with Gasteiger partial charge in [-0.1, -0.05) is 13.0 Å². The fourth-order valence-corrected chi connectivity index (χ4v) is 2.65. The van der Waals surface area contributed by atoms with Crippen LogP contribution in [0.1, 0.15) is 22.8 Å². The maximum absolute atomic E-state index is 12.5. The normalized spacial score (nSPS) is 21.9. The largest absolute Gasteiger partial charge is 0.469 e. The van der Waals surface area contributed by atoms with Crippen LogP contribution in [-0.2, 0) is 9.53 Å². The highest BCUT2D eigenvalue weighted by atomic mass is 16.5. The molecule has 1 heterocycles. The molecule has 0 radical (unpaired) electrons. The average molecular weight is 276 g/mol. The number of ether oxygens (including phenoxy) is 1. The Labute approximate surface area is 118 Å². The third-order valence-corrected chi connectivity index (χ3v) is 4.01. The first-order chi connectivity index (χ1) is 9.45. The molecule has 1 fully saturated rings. The summed E-state index contributed by atoms with van der Waals surface area (Å²) in [6.07, 6.45) is 0. The number of nitrogens with zero attached hydrogens (tertiary/aromatic N) is 1. The highest BCUT2D eigenvalue weighted by Crippen LogP contribution is 2.27. The molecule has 2 N–H and O–H groups in total. The first-order valence-corrected chi connectivity index (χ1v) is 6.68. The summed E-state index contributed by atoms with van der Waals surface area (Å²) in [5.74, 6) is -0.469. The topological polar surface area (TPSA) is 72.6 Å². The van der Waals surface area contributed by atoms with Gasteiger partial charge in [-0.15, -0.1) is 0 Å². The van der Waals surface area contributed by atoms with Crippen molar-refractivity contribution < 1.29 is 14.3 Å². The van der Waals surface area contributed by atoms with Gasteiger partial charge in [-0.2, -0.15) is 0 Å². The van der Waals surface area contributed by atoms with Crippen LogP contribution in [0.3, 0.4) is 0 Å². The van der Waals surface area contributed by atoms with Crippen LogP contribution in [0.5, 0.6) is 0 Å². The average Bonchev–Trinajstić information content (AvgIpc) is 2.82. The van der Waals surface area contributed by atoms with Gasteiger partial charge < -0.3 is 15.4 Å². The smallest absolute Gasteiger partial charge is 0.310 e. The molecule has 1 saturated heterocycles. The molecule has 1 aliphatic rings. The number of methoxy groups -OCH3 is 1. The Kier molecular flexibility index (Phi) is 3.97. The predicted molar refractivity (Wildman–Crippen MR) is 76.2 cm³/mol. The summed E-state index contributed by atoms with van der Waals surface area (Å²) in [5, 5.41) is 0. The van der Waals surface area contributed by atoms with Crippen LogP contribution in [0.25, 0.3) is 0 Å². The third-order valence-electron chi connectivity index (χ3n) is 4.01. The van der Waals surface area contributed by atoms with Gasteiger partial charge in [0.05, 0.1) is 13.0 Å². The van der Waals surface area contributed by atoms with E-state index >= 15 is 0 Å². The molecule has 2 rings (SSSR count). The molecule has 1 aliphatic heterocycles. The fourth-order valence-electron chi connectivity index (χ4n) is 2.65. The van der Waals surface area contributed by atoms with Crippen molar-refractivity contribution in [1.82, 2.24) is 4.90 Å². The van der Waals surface area contributed by atoms with Gasteiger partial charge in [-0.25, -0.2) is 0 Å². The van der Waals surface area contributed by atoms with E-state index in [-0.39, 0.29) is 23.7 Å². The van der Waals surface area contributed by atoms with Crippen molar-refractivity contribution in [3.05, 3.63) is 29.3 Å². The van der Waals surface area contributed by atoms with Crippen molar-refractivity contribution in [1.29, 1.82) is 0 Å². The number of nitrogen functional groups attached to an aromatic ring is 1. The van der Waals surface area contributed by atoms with Crippen molar-refractivity contribution in [2.75, 3.05) is 25.9 Å². The molecule has 1 aromatic rings. The number of hydrogen-bond donors (Lipinski definition) is 1. The van der Waals surface area contributed by atoms with E-state index in [2.05, 4.69) is 0 Å². The molecule has 0 bridgehead atoms. The lowest BCUT2D eigenvalue weighted by Gasteiger charge is -2.18. The van der Waals surface area contributed by atoms with Crippen molar-refractivity contribution in [2.45, 2.75) is 13.8 Å². The molecular weight excluding hydrogens is 256 g/mol. The molecular formula is C15H20N2O3. The van der Waals surface area contributed by atoms with E-state index in [0.29, 0.717) is 24.3 Å². The van der Waals surface area contributed by atoms with Gasteiger partial charge in [0.1, 0.15) is 0 Å². The summed E-state index contributed by atoms with van der Waals surface area (Å²) >= 11 is 0. The molecule has 108 valence electrons. The van der Waals surface area contributed by atoms with Crippen LogP contribution in [0.15, 0.2) is 18.2 Å². The number of rotatable bonds is 2. The minimum Gasteiger partial charge on any atom is -0.469 e. The molecule has 1 amide bonds. The number of carbonyl (C=O) groups is 2. The summed E-state index contributed by atoms with van der Waals surface area (Å²) in [4.78, 5) is 25.9. The quantitative estimate of drug-likeness (QED) is 0.655. The summed E-state index contributed by atoms with van der Waals surface area (Å²) in [6, 6.07) is 5.31. The summed E-state index contributed by atoms with van der Waals surface area (Å²) in [6.45, 7) is 4.76. The van der Waals surface area contributed by atoms with Crippen molar-refractivity contribution in [3.63, 3.8) is 0 Å². The Bertz CT molecular complexity index is 542. The van der Waals surface area contributed by atoms with Crippen molar-refractivity contribution in [3.8, 4) is 0 Å². The van der Waals surface area contributed by atoms with E-state index < -0.39 is 0 Å². The summed E-state index contributed by atoms with van der Waals surface area (Å²) in [5.41, 5.74) is 7.82. The Balaban J connectivity index is 2.19. The third kappa shape index (κ3) is 2.48. The van der Waals surface area contributed by atoms with Gasteiger partial charge >= 0.3 is 5.97 Å². The van der Waals surface area contributed by atoms with Crippen LogP contribution in [0, 0.1) is 18.8 Å². The first kappa shape index (κ1) is 14.4. The first-order valence-electron chi connectivity index (χ1n) is 6.68. The van der Waals surface area contributed by atoms with Crippen LogP contribution in [-0.4, -0.2) is 37.0 Å². The zero-order valence-electron chi connectivity index (χ0n) is 12.1. The lowest BCUT2D eigenvalue weighted by atomic mass is 9.99. The SMILES string of the molecule is COC(=O)C1CN(C(=O)c2cccc(N)c2C)CC1C. The highest BCUT2D eigenvalue weighted by molar-refractivity contribution is 5.97. The van der Waals surface area contributed by atoms with Crippen molar-refractivity contribution >= 4 is 17.6 Å². The Morgan fingerprint density at radius 1 is 1.35 bits per heavy atom. The molecule has 0 saturated carbocycles. The molecule has 2 unspecified atom stereocenters. The van der Waals surface area contributed by atoms with E-state index in [1.165, 1.54) is 7.11 Å². The molecule has 2 atom stereocenters. The van der Waals surface area contributed by atoms with Gasteiger partial charge in [0.2, 0.25) is 0 Å². The minimum absolute atomic E-state index is 0.0759. The minimum atomic E-state index is -0.253. The molecule has 5 nitrogen and oxygen atoms in total. The lowest BCUT2D eigenvalue weighted by molar-refractivity contribution is -0.146. The second-order valence-corrected chi connectivity index (χ2v) is 5.34. The number of amides is 1. The van der Waals surface area contributed by atoms with E-state index in [0.717, 1.165) is 5.56 Å². The number of carbonyl (C=O) groups excluding carboxylic acids is 2. The van der Waals surface area contributed by atoms with E-state index in [9.17, 15) is 9.59 Å². The number of benzene rings is 1. The van der Waals surface area contributed by atoms with E-state index in [1.54, 1.807) is 23.1 Å². The zero-order valence-corrected chi connectivity index (χ0v) is 12.1. The number of esters is 1. The molecule has 20 heavy (non-hydrogen) atoms. The Morgan fingerprint density at radius 2 is 2.05 bits per heavy atom. The Morgan fingerprint density at radius 3 is 2.70 bits per heavy atom. The molecule has 1 aromatic carbocycles. The van der Waals surface area contributed by atoms with Gasteiger partial charge in [0.15, 0.2) is 0 Å². The molecule has 0 aliphatic carbocycles. The fraction of sp³-hybridized carbons (Fsp3) is 0.467. The van der Waals surface area contributed by atoms with Gasteiger partial charge in [-0.05, 0) is 30.5 Å².